The van der Waals surface area contributed by atoms with Crippen LogP contribution in [0.3, 0.4) is 0 Å². The number of aromatic nitrogens is 3. The molecule has 0 bridgehead atoms. The van der Waals surface area contributed by atoms with Crippen LogP contribution in [0.4, 0.5) is 16.0 Å². The van der Waals surface area contributed by atoms with Gasteiger partial charge >= 0.3 is 11.4 Å². The van der Waals surface area contributed by atoms with Crippen molar-refractivity contribution < 1.29 is 9.13 Å². The molecular weight excluding hydrogens is 363 g/mol. The van der Waals surface area contributed by atoms with Gasteiger partial charge < -0.3 is 10.1 Å². The number of halogens is 1. The third-order valence-corrected chi connectivity index (χ3v) is 4.20. The van der Waals surface area contributed by atoms with Gasteiger partial charge in [0, 0.05) is 17.8 Å². The zero-order chi connectivity index (χ0) is 20.3. The van der Waals surface area contributed by atoms with Crippen molar-refractivity contribution in [3.8, 4) is 5.75 Å². The van der Waals surface area contributed by atoms with Crippen LogP contribution in [0.5, 0.6) is 5.75 Å². The molecule has 146 valence electrons. The third-order valence-electron chi connectivity index (χ3n) is 4.20. The maximum absolute atomic E-state index is 13.2. The third kappa shape index (κ3) is 4.11. The summed E-state index contributed by atoms with van der Waals surface area (Å²) in [4.78, 5) is 29.4. The van der Waals surface area contributed by atoms with Gasteiger partial charge in [0.15, 0.2) is 0 Å². The van der Waals surface area contributed by atoms with Crippen LogP contribution in [0.2, 0.25) is 0 Å². The van der Waals surface area contributed by atoms with E-state index < -0.39 is 11.4 Å². The summed E-state index contributed by atoms with van der Waals surface area (Å²) < 4.78 is 20.9. The molecule has 1 heterocycles. The molecule has 7 nitrogen and oxygen atoms in total. The molecule has 1 aromatic heterocycles. The fourth-order valence-corrected chi connectivity index (χ4v) is 2.79. The zero-order valence-corrected chi connectivity index (χ0v) is 15.8. The van der Waals surface area contributed by atoms with Crippen molar-refractivity contribution in [3.05, 3.63) is 80.9 Å². The number of nitrogens with zero attached hydrogens (tertiary/aromatic N) is 3. The molecule has 0 fully saturated rings. The van der Waals surface area contributed by atoms with E-state index in [-0.39, 0.29) is 24.4 Å². The molecule has 28 heavy (non-hydrogen) atoms. The van der Waals surface area contributed by atoms with Gasteiger partial charge in [0.05, 0.1) is 13.7 Å². The summed E-state index contributed by atoms with van der Waals surface area (Å²) in [6.07, 6.45) is 0. The van der Waals surface area contributed by atoms with Crippen LogP contribution in [0.25, 0.3) is 0 Å². The lowest BCUT2D eigenvalue weighted by Crippen LogP contribution is -2.43. The molecule has 1 N–H and O–H groups in total. The van der Waals surface area contributed by atoms with Crippen molar-refractivity contribution in [1.29, 1.82) is 0 Å². The summed E-state index contributed by atoms with van der Waals surface area (Å²) in [6, 6.07) is 12.5. The normalized spacial score (nSPS) is 10.9. The summed E-state index contributed by atoms with van der Waals surface area (Å²) in [5, 5.41) is 3.01. The van der Waals surface area contributed by atoms with Crippen molar-refractivity contribution in [3.63, 3.8) is 0 Å². The van der Waals surface area contributed by atoms with Gasteiger partial charge in [-0.25, -0.2) is 18.5 Å². The highest BCUT2D eigenvalue weighted by Crippen LogP contribution is 2.20. The van der Waals surface area contributed by atoms with Gasteiger partial charge in [0.25, 0.3) is 0 Å². The number of hydrogen-bond donors (Lipinski definition) is 1. The fraction of sp³-hybridized carbons (Fsp3) is 0.250. The van der Waals surface area contributed by atoms with Crippen molar-refractivity contribution in [2.75, 3.05) is 12.4 Å². The molecule has 0 saturated heterocycles. The number of ether oxygens (including phenoxy) is 1. The second-order valence-electron chi connectivity index (χ2n) is 6.53. The lowest BCUT2D eigenvalue weighted by Gasteiger charge is -2.17. The monoisotopic (exact) mass is 384 g/mol. The maximum atomic E-state index is 13.2. The largest absolute Gasteiger partial charge is 0.497 e. The predicted octanol–water partition coefficient (Wildman–Crippen LogP) is 2.93. The standard InChI is InChI=1S/C20H21FN4O3/c1-13(2)25-19(26)23-18(22-16-5-4-6-17(11-16)28-3)24(20(25)27)12-14-7-9-15(21)10-8-14/h4-11,13H,12H2,1-3H3,(H,22,23,26). The summed E-state index contributed by atoms with van der Waals surface area (Å²) in [5.74, 6) is 0.355. The Labute approximate surface area is 161 Å². The topological polar surface area (TPSA) is 78.2 Å². The highest BCUT2D eigenvalue weighted by molar-refractivity contribution is 5.56. The number of rotatable bonds is 6. The van der Waals surface area contributed by atoms with E-state index in [0.717, 1.165) is 4.57 Å². The number of anilines is 2. The van der Waals surface area contributed by atoms with E-state index in [4.69, 9.17) is 4.74 Å². The van der Waals surface area contributed by atoms with Crippen molar-refractivity contribution in [2.24, 2.45) is 0 Å². The Bertz CT molecular complexity index is 1090. The SMILES string of the molecule is COc1cccc(Nc2nc(=O)n(C(C)C)c(=O)n2Cc2ccc(F)cc2)c1. The molecule has 0 amide bonds. The molecular formula is C20H21FN4O3. The summed E-state index contributed by atoms with van der Waals surface area (Å²) in [6.45, 7) is 3.61. The molecule has 3 aromatic rings. The van der Waals surface area contributed by atoms with Crippen LogP contribution in [-0.4, -0.2) is 21.2 Å². The quantitative estimate of drug-likeness (QED) is 0.707. The van der Waals surface area contributed by atoms with Crippen molar-refractivity contribution >= 4 is 11.6 Å². The van der Waals surface area contributed by atoms with Crippen LogP contribution in [0, 0.1) is 5.82 Å². The van der Waals surface area contributed by atoms with Gasteiger partial charge in [-0.05, 0) is 43.7 Å². The Balaban J connectivity index is 2.10. The molecule has 0 radical (unpaired) electrons. The van der Waals surface area contributed by atoms with Crippen LogP contribution in [-0.2, 0) is 6.54 Å². The van der Waals surface area contributed by atoms with E-state index in [2.05, 4.69) is 10.3 Å². The Hall–Kier alpha value is -3.42. The molecule has 3 rings (SSSR count). The van der Waals surface area contributed by atoms with E-state index >= 15 is 0 Å². The Morgan fingerprint density at radius 3 is 2.50 bits per heavy atom. The highest BCUT2D eigenvalue weighted by Gasteiger charge is 2.16. The number of methoxy groups -OCH3 is 1. The minimum Gasteiger partial charge on any atom is -0.497 e. The van der Waals surface area contributed by atoms with Crippen LogP contribution >= 0.6 is 0 Å². The first-order valence-electron chi connectivity index (χ1n) is 8.78. The highest BCUT2D eigenvalue weighted by atomic mass is 19.1. The Kier molecular flexibility index (Phi) is 5.58. The van der Waals surface area contributed by atoms with Gasteiger partial charge in [0.2, 0.25) is 5.95 Å². The van der Waals surface area contributed by atoms with Gasteiger partial charge in [-0.1, -0.05) is 18.2 Å². The first-order chi connectivity index (χ1) is 13.4. The van der Waals surface area contributed by atoms with E-state index in [1.807, 2.05) is 0 Å². The number of benzene rings is 2. The van der Waals surface area contributed by atoms with Gasteiger partial charge in [0.1, 0.15) is 11.6 Å². The van der Waals surface area contributed by atoms with E-state index in [0.29, 0.717) is 17.0 Å². The lowest BCUT2D eigenvalue weighted by atomic mass is 10.2. The molecule has 0 aliphatic carbocycles. The van der Waals surface area contributed by atoms with Crippen LogP contribution < -0.4 is 21.4 Å². The van der Waals surface area contributed by atoms with E-state index in [1.165, 1.54) is 16.7 Å². The minimum atomic E-state index is -0.638. The van der Waals surface area contributed by atoms with Gasteiger partial charge in [-0.3, -0.25) is 4.57 Å². The minimum absolute atomic E-state index is 0.101. The van der Waals surface area contributed by atoms with E-state index in [9.17, 15) is 14.0 Å². The predicted molar refractivity (Wildman–Crippen MR) is 105 cm³/mol. The zero-order valence-electron chi connectivity index (χ0n) is 15.8. The molecule has 0 atom stereocenters. The maximum Gasteiger partial charge on any atom is 0.355 e. The lowest BCUT2D eigenvalue weighted by molar-refractivity contribution is 0.415. The Morgan fingerprint density at radius 1 is 1.14 bits per heavy atom. The molecule has 0 saturated carbocycles. The molecule has 2 aromatic carbocycles. The molecule has 8 heteroatoms. The first-order valence-corrected chi connectivity index (χ1v) is 8.78. The average molecular weight is 384 g/mol. The van der Waals surface area contributed by atoms with Gasteiger partial charge in [-0.2, -0.15) is 4.98 Å². The van der Waals surface area contributed by atoms with Crippen LogP contribution in [0.15, 0.2) is 58.1 Å². The molecule has 0 unspecified atom stereocenters. The van der Waals surface area contributed by atoms with E-state index in [1.54, 1.807) is 57.4 Å². The second-order valence-corrected chi connectivity index (χ2v) is 6.53. The summed E-state index contributed by atoms with van der Waals surface area (Å²) >= 11 is 0. The number of hydrogen-bond acceptors (Lipinski definition) is 5. The molecule has 0 aliphatic rings. The summed E-state index contributed by atoms with van der Waals surface area (Å²) in [7, 11) is 1.55. The number of nitrogens with one attached hydrogen (secondary N) is 1. The van der Waals surface area contributed by atoms with Gasteiger partial charge in [-0.15, -0.1) is 0 Å². The van der Waals surface area contributed by atoms with Crippen LogP contribution in [0.1, 0.15) is 25.5 Å². The molecule has 0 spiro atoms. The smallest absolute Gasteiger partial charge is 0.355 e. The van der Waals surface area contributed by atoms with Crippen molar-refractivity contribution in [1.82, 2.24) is 14.1 Å². The second kappa shape index (κ2) is 8.08. The average Bonchev–Trinajstić information content (AvgIpc) is 2.66. The Morgan fingerprint density at radius 2 is 1.86 bits per heavy atom. The fourth-order valence-electron chi connectivity index (χ4n) is 2.79. The summed E-state index contributed by atoms with van der Waals surface area (Å²) in [5.41, 5.74) is 0.180. The molecule has 0 aliphatic heterocycles. The van der Waals surface area contributed by atoms with Crippen molar-refractivity contribution in [2.45, 2.75) is 26.4 Å². The first kappa shape index (κ1) is 19.3.